The van der Waals surface area contributed by atoms with Crippen molar-refractivity contribution in [3.8, 4) is 0 Å². The first-order chi connectivity index (χ1) is 5.36. The van der Waals surface area contributed by atoms with Gasteiger partial charge in [0.1, 0.15) is 11.5 Å². The fraction of sp³-hybridized carbons (Fsp3) is 0.333. The summed E-state index contributed by atoms with van der Waals surface area (Å²) < 4.78 is 5.39. The Morgan fingerprint density at radius 1 is 1.55 bits per heavy atom. The lowest BCUT2D eigenvalue weighted by molar-refractivity contribution is 0.507. The molecule has 0 amide bonds. The second-order valence-corrected chi connectivity index (χ2v) is 2.52. The molecule has 1 heterocycles. The van der Waals surface area contributed by atoms with Crippen molar-refractivity contribution in [2.45, 2.75) is 13.3 Å². The van der Waals surface area contributed by atoms with E-state index >= 15 is 0 Å². The Bertz CT molecular complexity index is 237. The summed E-state index contributed by atoms with van der Waals surface area (Å²) in [6.45, 7) is 2.06. The Kier molecular flexibility index (Phi) is 3.24. The van der Waals surface area contributed by atoms with E-state index in [2.05, 4.69) is 6.92 Å². The van der Waals surface area contributed by atoms with E-state index in [1.807, 2.05) is 24.3 Å². The van der Waals surface area contributed by atoms with Gasteiger partial charge in [0.25, 0.3) is 0 Å². The number of hydrogen-bond donors (Lipinski definition) is 0. The van der Waals surface area contributed by atoms with Gasteiger partial charge >= 0.3 is 0 Å². The van der Waals surface area contributed by atoms with Gasteiger partial charge in [-0.25, -0.2) is 0 Å². The van der Waals surface area contributed by atoms with Crippen molar-refractivity contribution in [3.05, 3.63) is 29.7 Å². The van der Waals surface area contributed by atoms with Crippen LogP contribution < -0.4 is 0 Å². The van der Waals surface area contributed by atoms with Gasteiger partial charge in [-0.1, -0.05) is 13.0 Å². The van der Waals surface area contributed by atoms with Gasteiger partial charge in [-0.3, -0.25) is 0 Å². The van der Waals surface area contributed by atoms with Crippen molar-refractivity contribution < 1.29 is 4.42 Å². The molecule has 1 rings (SSSR count). The van der Waals surface area contributed by atoms with Gasteiger partial charge in [0.05, 0.1) is 0 Å². The second kappa shape index (κ2) is 4.24. The lowest BCUT2D eigenvalue weighted by Gasteiger charge is -1.85. The Hall–Kier alpha value is -0.690. The molecule has 0 aromatic carbocycles. The molecule has 0 aliphatic carbocycles. The van der Waals surface area contributed by atoms with E-state index in [0.29, 0.717) is 5.88 Å². The van der Waals surface area contributed by atoms with E-state index in [-0.39, 0.29) is 0 Å². The zero-order valence-corrected chi connectivity index (χ0v) is 7.27. The van der Waals surface area contributed by atoms with E-state index in [4.69, 9.17) is 16.0 Å². The van der Waals surface area contributed by atoms with Gasteiger partial charge in [-0.2, -0.15) is 0 Å². The highest BCUT2D eigenvalue weighted by Crippen LogP contribution is 2.09. The molecule has 0 spiro atoms. The van der Waals surface area contributed by atoms with Crippen molar-refractivity contribution >= 4 is 17.7 Å². The Labute approximate surface area is 71.7 Å². The quantitative estimate of drug-likeness (QED) is 0.636. The van der Waals surface area contributed by atoms with Gasteiger partial charge in [0.2, 0.25) is 0 Å². The van der Waals surface area contributed by atoms with Gasteiger partial charge in [0, 0.05) is 12.3 Å². The number of allylic oxidation sites excluding steroid dienone is 1. The molecule has 0 N–H and O–H groups in total. The number of rotatable bonds is 3. The average molecular weight is 171 g/mol. The fourth-order valence-corrected chi connectivity index (χ4v) is 0.924. The van der Waals surface area contributed by atoms with Crippen LogP contribution in [0.5, 0.6) is 0 Å². The fourth-order valence-electron chi connectivity index (χ4n) is 0.835. The molecule has 0 radical (unpaired) electrons. The molecule has 2 heteroatoms. The molecule has 1 aromatic heterocycles. The smallest absolute Gasteiger partial charge is 0.126 e. The van der Waals surface area contributed by atoms with Crippen LogP contribution in [-0.2, 0) is 6.42 Å². The highest BCUT2D eigenvalue weighted by atomic mass is 35.5. The van der Waals surface area contributed by atoms with Gasteiger partial charge < -0.3 is 4.42 Å². The standard InChI is InChI=1S/C9H11ClO/c1-2-8-5-6-9(11-8)4-3-7-10/h3-6H,2,7H2,1H3. The van der Waals surface area contributed by atoms with E-state index in [1.54, 1.807) is 0 Å². The first-order valence-corrected chi connectivity index (χ1v) is 4.21. The first kappa shape index (κ1) is 8.41. The average Bonchev–Trinajstić information content (AvgIpc) is 2.48. The minimum absolute atomic E-state index is 0.530. The minimum atomic E-state index is 0.530. The first-order valence-electron chi connectivity index (χ1n) is 3.68. The van der Waals surface area contributed by atoms with E-state index in [0.717, 1.165) is 17.9 Å². The Morgan fingerprint density at radius 2 is 2.36 bits per heavy atom. The van der Waals surface area contributed by atoms with Gasteiger partial charge in [-0.05, 0) is 18.2 Å². The topological polar surface area (TPSA) is 13.1 Å². The van der Waals surface area contributed by atoms with Crippen LogP contribution in [0.15, 0.2) is 22.6 Å². The zero-order valence-electron chi connectivity index (χ0n) is 6.51. The number of furan rings is 1. The van der Waals surface area contributed by atoms with Crippen LogP contribution in [0.25, 0.3) is 6.08 Å². The monoisotopic (exact) mass is 170 g/mol. The Morgan fingerprint density at radius 3 is 2.91 bits per heavy atom. The maximum atomic E-state index is 5.46. The van der Waals surface area contributed by atoms with E-state index in [9.17, 15) is 0 Å². The summed E-state index contributed by atoms with van der Waals surface area (Å²) in [6.07, 6.45) is 4.68. The predicted octanol–water partition coefficient (Wildman–Crippen LogP) is 3.09. The predicted molar refractivity (Wildman–Crippen MR) is 47.8 cm³/mol. The number of alkyl halides is 1. The summed E-state index contributed by atoms with van der Waals surface area (Å²) in [5.74, 6) is 2.42. The second-order valence-electron chi connectivity index (χ2n) is 2.21. The zero-order chi connectivity index (χ0) is 8.10. The molecule has 0 atom stereocenters. The molecule has 1 nitrogen and oxygen atoms in total. The van der Waals surface area contributed by atoms with Gasteiger partial charge in [0.15, 0.2) is 0 Å². The lowest BCUT2D eigenvalue weighted by atomic mass is 10.3. The summed E-state index contributed by atoms with van der Waals surface area (Å²) in [6, 6.07) is 3.93. The van der Waals surface area contributed by atoms with E-state index in [1.165, 1.54) is 0 Å². The van der Waals surface area contributed by atoms with Crippen LogP contribution in [0.1, 0.15) is 18.4 Å². The van der Waals surface area contributed by atoms with Crippen molar-refractivity contribution in [1.82, 2.24) is 0 Å². The normalized spacial score (nSPS) is 11.1. The maximum absolute atomic E-state index is 5.46. The van der Waals surface area contributed by atoms with Crippen molar-refractivity contribution in [2.24, 2.45) is 0 Å². The Balaban J connectivity index is 2.65. The number of halogens is 1. The molecule has 0 bridgehead atoms. The third-order valence-corrected chi connectivity index (χ3v) is 1.58. The molecule has 11 heavy (non-hydrogen) atoms. The van der Waals surface area contributed by atoms with Crippen molar-refractivity contribution in [2.75, 3.05) is 5.88 Å². The summed E-state index contributed by atoms with van der Waals surface area (Å²) >= 11 is 5.46. The van der Waals surface area contributed by atoms with Crippen LogP contribution in [0.2, 0.25) is 0 Å². The molecule has 60 valence electrons. The highest BCUT2D eigenvalue weighted by Gasteiger charge is 1.94. The van der Waals surface area contributed by atoms with Crippen LogP contribution in [0, 0.1) is 0 Å². The van der Waals surface area contributed by atoms with Crippen molar-refractivity contribution in [3.63, 3.8) is 0 Å². The van der Waals surface area contributed by atoms with Gasteiger partial charge in [-0.15, -0.1) is 11.6 Å². The molecular formula is C9H11ClO. The summed E-state index contributed by atoms with van der Waals surface area (Å²) in [4.78, 5) is 0. The molecular weight excluding hydrogens is 160 g/mol. The number of aryl methyl sites for hydroxylation is 1. The molecule has 0 fully saturated rings. The van der Waals surface area contributed by atoms with Crippen molar-refractivity contribution in [1.29, 1.82) is 0 Å². The van der Waals surface area contributed by atoms with E-state index < -0.39 is 0 Å². The minimum Gasteiger partial charge on any atom is -0.462 e. The molecule has 0 aliphatic rings. The molecule has 0 unspecified atom stereocenters. The molecule has 0 saturated carbocycles. The SMILES string of the molecule is CCc1ccc(C=CCCl)o1. The number of hydrogen-bond acceptors (Lipinski definition) is 1. The lowest BCUT2D eigenvalue weighted by Crippen LogP contribution is -1.68. The maximum Gasteiger partial charge on any atom is 0.126 e. The van der Waals surface area contributed by atoms with Crippen LogP contribution in [0.3, 0.4) is 0 Å². The van der Waals surface area contributed by atoms with Crippen LogP contribution >= 0.6 is 11.6 Å². The molecule has 1 aromatic rings. The summed E-state index contributed by atoms with van der Waals surface area (Å²) in [5, 5.41) is 0. The molecule has 0 saturated heterocycles. The highest BCUT2D eigenvalue weighted by molar-refractivity contribution is 6.19. The van der Waals surface area contributed by atoms with Crippen LogP contribution in [0.4, 0.5) is 0 Å². The molecule has 0 aliphatic heterocycles. The third-order valence-electron chi connectivity index (χ3n) is 1.40. The third kappa shape index (κ3) is 2.43. The summed E-state index contributed by atoms with van der Waals surface area (Å²) in [5.41, 5.74) is 0. The largest absolute Gasteiger partial charge is 0.462 e. The van der Waals surface area contributed by atoms with Crippen LogP contribution in [-0.4, -0.2) is 5.88 Å². The summed E-state index contributed by atoms with van der Waals surface area (Å²) in [7, 11) is 0.